The maximum absolute atomic E-state index is 12.7. The van der Waals surface area contributed by atoms with E-state index in [9.17, 15) is 13.2 Å². The van der Waals surface area contributed by atoms with Gasteiger partial charge in [0.2, 0.25) is 0 Å². The van der Waals surface area contributed by atoms with Crippen LogP contribution < -0.4 is 14.8 Å². The van der Waals surface area contributed by atoms with E-state index < -0.39 is 16.1 Å². The molecule has 0 saturated heterocycles. The number of carbonyl (C=O) groups excluding carboxylic acids is 1. The highest BCUT2D eigenvalue weighted by atomic mass is 32.2. The highest BCUT2D eigenvalue weighted by Gasteiger charge is 2.30. The summed E-state index contributed by atoms with van der Waals surface area (Å²) in [5, 5.41) is 2.73. The third-order valence-electron chi connectivity index (χ3n) is 4.40. The summed E-state index contributed by atoms with van der Waals surface area (Å²) < 4.78 is 40.0. The van der Waals surface area contributed by atoms with E-state index in [1.54, 1.807) is 43.5 Å². The third-order valence-corrected chi connectivity index (χ3v) is 5.72. The monoisotopic (exact) mass is 415 g/mol. The number of allylic oxidation sites excluding steroid dienone is 1. The van der Waals surface area contributed by atoms with Crippen molar-refractivity contribution in [3.63, 3.8) is 0 Å². The van der Waals surface area contributed by atoms with Gasteiger partial charge in [-0.3, -0.25) is 4.79 Å². The minimum Gasteiger partial charge on any atom is -0.497 e. The number of carbonyl (C=O) groups is 1. The average Bonchev–Trinajstić information content (AvgIpc) is 2.74. The fourth-order valence-corrected chi connectivity index (χ4v) is 3.67. The molecule has 0 unspecified atom stereocenters. The Morgan fingerprint density at radius 1 is 1.07 bits per heavy atom. The number of hydrogen-bond acceptors (Lipinski definition) is 5. The van der Waals surface area contributed by atoms with Crippen molar-refractivity contribution in [2.24, 2.45) is 4.40 Å². The molecule has 0 atom stereocenters. The van der Waals surface area contributed by atoms with E-state index >= 15 is 0 Å². The molecular formula is C20H21N3O5S. The van der Waals surface area contributed by atoms with Crippen LogP contribution >= 0.6 is 0 Å². The molecule has 1 heterocycles. The second kappa shape index (κ2) is 8.36. The first-order valence-electron chi connectivity index (χ1n) is 8.70. The van der Waals surface area contributed by atoms with Crippen LogP contribution in [0.4, 0.5) is 0 Å². The number of benzene rings is 2. The third kappa shape index (κ3) is 4.40. The van der Waals surface area contributed by atoms with Gasteiger partial charge in [0.15, 0.2) is 0 Å². The van der Waals surface area contributed by atoms with Crippen molar-refractivity contribution in [2.75, 3.05) is 21.3 Å². The highest BCUT2D eigenvalue weighted by molar-refractivity contribution is 7.88. The number of nitrogens with zero attached hydrogens (tertiary/aromatic N) is 2. The summed E-state index contributed by atoms with van der Waals surface area (Å²) in [5.41, 5.74) is 1.43. The number of ether oxygens (including phenoxy) is 2. The predicted octanol–water partition coefficient (Wildman–Crippen LogP) is 1.88. The van der Waals surface area contributed by atoms with Gasteiger partial charge in [-0.15, -0.1) is 4.40 Å². The molecule has 1 aliphatic heterocycles. The Labute approximate surface area is 169 Å². The summed E-state index contributed by atoms with van der Waals surface area (Å²) >= 11 is 0. The maximum atomic E-state index is 12.7. The molecular weight excluding hydrogens is 394 g/mol. The Balaban J connectivity index is 1.86. The van der Waals surface area contributed by atoms with E-state index in [1.165, 1.54) is 20.2 Å². The van der Waals surface area contributed by atoms with Crippen LogP contribution in [0.5, 0.6) is 11.5 Å². The SMILES string of the molecule is COc1ccc(CNC(=O)C2=CC(c3ccccc3OC)=NS(=O)(=O)N2C)cc1. The summed E-state index contributed by atoms with van der Waals surface area (Å²) in [5.74, 6) is 0.632. The van der Waals surface area contributed by atoms with Gasteiger partial charge in [-0.25, -0.2) is 4.31 Å². The molecule has 0 bridgehead atoms. The van der Waals surface area contributed by atoms with Gasteiger partial charge in [0, 0.05) is 19.2 Å². The van der Waals surface area contributed by atoms with Crippen molar-refractivity contribution in [3.05, 3.63) is 71.4 Å². The number of likely N-dealkylation sites (N-methyl/N-ethyl adjacent to an activating group) is 1. The molecule has 8 nitrogen and oxygen atoms in total. The fourth-order valence-electron chi connectivity index (χ4n) is 2.76. The van der Waals surface area contributed by atoms with Crippen LogP contribution in [0.2, 0.25) is 0 Å². The van der Waals surface area contributed by atoms with Crippen molar-refractivity contribution in [1.29, 1.82) is 0 Å². The van der Waals surface area contributed by atoms with Gasteiger partial charge in [0.05, 0.1) is 19.9 Å². The summed E-state index contributed by atoms with van der Waals surface area (Å²) in [4.78, 5) is 12.7. The lowest BCUT2D eigenvalue weighted by molar-refractivity contribution is -0.118. The molecule has 3 rings (SSSR count). The first-order chi connectivity index (χ1) is 13.9. The second-order valence-electron chi connectivity index (χ2n) is 6.18. The number of nitrogens with one attached hydrogen (secondary N) is 1. The molecule has 1 amide bonds. The highest BCUT2D eigenvalue weighted by Crippen LogP contribution is 2.25. The molecule has 2 aromatic carbocycles. The van der Waals surface area contributed by atoms with Crippen LogP contribution in [0, 0.1) is 0 Å². The van der Waals surface area contributed by atoms with Crippen LogP contribution in [0.1, 0.15) is 11.1 Å². The fraction of sp³-hybridized carbons (Fsp3) is 0.200. The molecule has 152 valence electrons. The molecule has 0 spiro atoms. The van der Waals surface area contributed by atoms with Gasteiger partial charge in [-0.05, 0) is 35.9 Å². The van der Waals surface area contributed by atoms with Crippen LogP contribution in [0.25, 0.3) is 0 Å². The summed E-state index contributed by atoms with van der Waals surface area (Å²) in [6, 6.07) is 14.1. The summed E-state index contributed by atoms with van der Waals surface area (Å²) in [6.45, 7) is 0.231. The molecule has 0 aliphatic carbocycles. The van der Waals surface area contributed by atoms with E-state index in [0.717, 1.165) is 9.87 Å². The number of amides is 1. The molecule has 9 heteroatoms. The smallest absolute Gasteiger partial charge is 0.345 e. The molecule has 2 aromatic rings. The zero-order valence-electron chi connectivity index (χ0n) is 16.2. The molecule has 1 N–H and O–H groups in total. The van der Waals surface area contributed by atoms with Gasteiger partial charge in [0.1, 0.15) is 17.2 Å². The van der Waals surface area contributed by atoms with Crippen molar-refractivity contribution >= 4 is 21.8 Å². The van der Waals surface area contributed by atoms with E-state index in [-0.39, 0.29) is 18.0 Å². The molecule has 0 saturated carbocycles. The number of rotatable bonds is 6. The average molecular weight is 415 g/mol. The minimum absolute atomic E-state index is 0.0329. The lowest BCUT2D eigenvalue weighted by Gasteiger charge is -2.24. The molecule has 1 aliphatic rings. The molecule has 0 aromatic heterocycles. The maximum Gasteiger partial charge on any atom is 0.345 e. The van der Waals surface area contributed by atoms with Crippen molar-refractivity contribution in [1.82, 2.24) is 9.62 Å². The summed E-state index contributed by atoms with van der Waals surface area (Å²) in [6.07, 6.45) is 1.43. The van der Waals surface area contributed by atoms with Gasteiger partial charge in [-0.1, -0.05) is 24.3 Å². The van der Waals surface area contributed by atoms with Crippen LogP contribution in [0.15, 0.2) is 64.7 Å². The quantitative estimate of drug-likeness (QED) is 0.777. The normalized spacial score (nSPS) is 15.2. The topological polar surface area (TPSA) is 97.3 Å². The standard InChI is InChI=1S/C20H21N3O5S/c1-23-18(20(24)21-13-14-8-10-15(27-2)11-9-14)12-17(22-29(23,25)26)16-6-4-5-7-19(16)28-3/h4-12H,13H2,1-3H3,(H,21,24). The Hall–Kier alpha value is -3.33. The first kappa shape index (κ1) is 20.4. The lowest BCUT2D eigenvalue weighted by Crippen LogP contribution is -2.38. The lowest BCUT2D eigenvalue weighted by atomic mass is 10.1. The Morgan fingerprint density at radius 2 is 1.76 bits per heavy atom. The van der Waals surface area contributed by atoms with Gasteiger partial charge in [-0.2, -0.15) is 8.42 Å². The minimum atomic E-state index is -4.05. The molecule has 0 radical (unpaired) electrons. The number of hydrogen-bond donors (Lipinski definition) is 1. The Bertz CT molecular complexity index is 1080. The Morgan fingerprint density at radius 3 is 2.41 bits per heavy atom. The largest absolute Gasteiger partial charge is 0.497 e. The van der Waals surface area contributed by atoms with Gasteiger partial charge < -0.3 is 14.8 Å². The summed E-state index contributed by atoms with van der Waals surface area (Å²) in [7, 11) is 0.293. The van der Waals surface area contributed by atoms with Crippen LogP contribution in [0.3, 0.4) is 0 Å². The predicted molar refractivity (Wildman–Crippen MR) is 109 cm³/mol. The van der Waals surface area contributed by atoms with Crippen molar-refractivity contribution in [3.8, 4) is 11.5 Å². The second-order valence-corrected chi connectivity index (χ2v) is 7.81. The first-order valence-corrected chi connectivity index (χ1v) is 10.1. The van der Waals surface area contributed by atoms with Gasteiger partial charge in [0.25, 0.3) is 5.91 Å². The van der Waals surface area contributed by atoms with Gasteiger partial charge >= 0.3 is 10.2 Å². The van der Waals surface area contributed by atoms with Crippen LogP contribution in [-0.4, -0.2) is 45.6 Å². The zero-order chi connectivity index (χ0) is 21.0. The molecule has 29 heavy (non-hydrogen) atoms. The Kier molecular flexibility index (Phi) is 5.88. The van der Waals surface area contributed by atoms with E-state index in [4.69, 9.17) is 9.47 Å². The number of para-hydroxylation sites is 1. The molecule has 0 fully saturated rings. The van der Waals surface area contributed by atoms with E-state index in [2.05, 4.69) is 9.71 Å². The van der Waals surface area contributed by atoms with E-state index in [1.807, 2.05) is 12.1 Å². The van der Waals surface area contributed by atoms with E-state index in [0.29, 0.717) is 17.1 Å². The zero-order valence-corrected chi connectivity index (χ0v) is 17.1. The van der Waals surface area contributed by atoms with Crippen LogP contribution in [-0.2, 0) is 21.5 Å². The van der Waals surface area contributed by atoms with Crippen molar-refractivity contribution < 1.29 is 22.7 Å². The number of methoxy groups -OCH3 is 2. The van der Waals surface area contributed by atoms with Crippen molar-refractivity contribution in [2.45, 2.75) is 6.54 Å².